The van der Waals surface area contributed by atoms with Crippen molar-refractivity contribution in [3.05, 3.63) is 94.8 Å². The molecule has 1 aromatic heterocycles. The molecule has 0 radical (unpaired) electrons. The number of hydrogen-bond acceptors (Lipinski definition) is 6. The number of nitrogens with zero attached hydrogens (tertiary/aromatic N) is 2. The molecule has 1 atom stereocenters. The van der Waals surface area contributed by atoms with Crippen LogP contribution in [-0.2, 0) is 21.5 Å². The molecule has 1 aliphatic rings. The summed E-state index contributed by atoms with van der Waals surface area (Å²) in [5, 5.41) is 11.5. The molecule has 0 aliphatic carbocycles. The summed E-state index contributed by atoms with van der Waals surface area (Å²) in [6, 6.07) is 15.4. The van der Waals surface area contributed by atoms with Gasteiger partial charge in [-0.05, 0) is 59.9 Å². The highest BCUT2D eigenvalue weighted by molar-refractivity contribution is 6.46. The van der Waals surface area contributed by atoms with E-state index in [9.17, 15) is 14.7 Å². The van der Waals surface area contributed by atoms with Crippen molar-refractivity contribution in [2.24, 2.45) is 0 Å². The topological polar surface area (TPSA) is 89.0 Å². The summed E-state index contributed by atoms with van der Waals surface area (Å²) in [5.41, 5.74) is 2.52. The van der Waals surface area contributed by atoms with Gasteiger partial charge in [0.1, 0.15) is 17.3 Å². The largest absolute Gasteiger partial charge is 0.507 e. The Morgan fingerprint density at radius 3 is 2.51 bits per heavy atom. The van der Waals surface area contributed by atoms with Gasteiger partial charge in [-0.25, -0.2) is 0 Å². The fourth-order valence-electron chi connectivity index (χ4n) is 4.60. The summed E-state index contributed by atoms with van der Waals surface area (Å²) in [6.07, 6.45) is 3.24. The Balaban J connectivity index is 1.86. The monoisotopic (exact) mass is 500 g/mol. The van der Waals surface area contributed by atoms with Crippen LogP contribution in [0.3, 0.4) is 0 Å². The molecule has 192 valence electrons. The molecule has 2 aromatic carbocycles. The molecule has 7 nitrogen and oxygen atoms in total. The predicted molar refractivity (Wildman–Crippen MR) is 141 cm³/mol. The zero-order valence-corrected chi connectivity index (χ0v) is 21.8. The van der Waals surface area contributed by atoms with Crippen molar-refractivity contribution in [1.82, 2.24) is 9.88 Å². The fraction of sp³-hybridized carbons (Fsp3) is 0.300. The lowest BCUT2D eigenvalue weighted by Gasteiger charge is -2.26. The second kappa shape index (κ2) is 10.5. The Morgan fingerprint density at radius 2 is 1.86 bits per heavy atom. The smallest absolute Gasteiger partial charge is 0.295 e. The van der Waals surface area contributed by atoms with Gasteiger partial charge in [-0.1, -0.05) is 39.0 Å². The van der Waals surface area contributed by atoms with E-state index in [0.717, 1.165) is 11.1 Å². The molecule has 1 saturated heterocycles. The van der Waals surface area contributed by atoms with Crippen molar-refractivity contribution in [3.63, 3.8) is 0 Å². The first-order valence-electron chi connectivity index (χ1n) is 12.2. The van der Waals surface area contributed by atoms with E-state index in [-0.39, 0.29) is 23.3 Å². The minimum Gasteiger partial charge on any atom is -0.507 e. The SMILES string of the molecule is CCOc1ccc(/C(O)=C2/C(=O)C(=O)N(Cc3cccc(OC)c3)C2c2cccnc2)cc1C(C)(C)C. The standard InChI is InChI=1S/C30H32N2O5/c1-6-37-24-13-12-20(16-23(24)30(2,3)4)27(33)25-26(21-10-8-14-31-17-21)32(29(35)28(25)34)18-19-9-7-11-22(15-19)36-5/h7-17,26,33H,6,18H2,1-5H3/b27-25-. The number of ketones is 1. The van der Waals surface area contributed by atoms with E-state index in [0.29, 0.717) is 29.2 Å². The Hall–Kier alpha value is -4.13. The van der Waals surface area contributed by atoms with Gasteiger partial charge >= 0.3 is 0 Å². The number of hydrogen-bond donors (Lipinski definition) is 1. The summed E-state index contributed by atoms with van der Waals surface area (Å²) in [6.45, 7) is 8.74. The number of methoxy groups -OCH3 is 1. The number of ether oxygens (including phenoxy) is 2. The maximum atomic E-state index is 13.4. The highest BCUT2D eigenvalue weighted by atomic mass is 16.5. The van der Waals surface area contributed by atoms with Crippen molar-refractivity contribution < 1.29 is 24.2 Å². The highest BCUT2D eigenvalue weighted by Crippen LogP contribution is 2.41. The summed E-state index contributed by atoms with van der Waals surface area (Å²) in [5.74, 6) is -0.278. The lowest BCUT2D eigenvalue weighted by Crippen LogP contribution is -2.29. The van der Waals surface area contributed by atoms with E-state index in [1.807, 2.05) is 37.3 Å². The number of aliphatic hydroxyl groups is 1. The van der Waals surface area contributed by atoms with E-state index >= 15 is 0 Å². The van der Waals surface area contributed by atoms with Crippen LogP contribution >= 0.6 is 0 Å². The quantitative estimate of drug-likeness (QED) is 0.265. The second-order valence-electron chi connectivity index (χ2n) is 9.96. The van der Waals surface area contributed by atoms with Crippen molar-refractivity contribution in [2.45, 2.75) is 45.7 Å². The zero-order valence-electron chi connectivity index (χ0n) is 21.8. The maximum Gasteiger partial charge on any atom is 0.295 e. The Bertz CT molecular complexity index is 1340. The molecule has 0 spiro atoms. The van der Waals surface area contributed by atoms with Gasteiger partial charge in [-0.3, -0.25) is 14.6 Å². The first kappa shape index (κ1) is 25.9. The van der Waals surface area contributed by atoms with E-state index in [4.69, 9.17) is 9.47 Å². The average molecular weight is 501 g/mol. The van der Waals surface area contributed by atoms with Crippen LogP contribution < -0.4 is 9.47 Å². The van der Waals surface area contributed by atoms with Gasteiger partial charge in [0.2, 0.25) is 0 Å². The molecule has 1 aliphatic heterocycles. The van der Waals surface area contributed by atoms with E-state index in [1.54, 1.807) is 43.8 Å². The first-order chi connectivity index (χ1) is 17.7. The number of aliphatic hydroxyl groups excluding tert-OH is 1. The van der Waals surface area contributed by atoms with Gasteiger partial charge in [0, 0.05) is 30.1 Å². The number of benzene rings is 2. The molecule has 3 aromatic rings. The number of rotatable bonds is 7. The summed E-state index contributed by atoms with van der Waals surface area (Å²) >= 11 is 0. The number of pyridine rings is 1. The number of Topliss-reactive ketones (excluding diaryl/α,β-unsaturated/α-hetero) is 1. The first-order valence-corrected chi connectivity index (χ1v) is 12.2. The van der Waals surface area contributed by atoms with Gasteiger partial charge < -0.3 is 19.5 Å². The summed E-state index contributed by atoms with van der Waals surface area (Å²) in [4.78, 5) is 32.4. The minimum atomic E-state index is -0.801. The summed E-state index contributed by atoms with van der Waals surface area (Å²) < 4.78 is 11.1. The van der Waals surface area contributed by atoms with E-state index in [2.05, 4.69) is 25.8 Å². The molecule has 37 heavy (non-hydrogen) atoms. The fourth-order valence-corrected chi connectivity index (χ4v) is 4.60. The number of carbonyl (C=O) groups excluding carboxylic acids is 2. The normalized spacial score (nSPS) is 17.2. The van der Waals surface area contributed by atoms with Gasteiger partial charge in [0.05, 0.1) is 25.3 Å². The van der Waals surface area contributed by atoms with Gasteiger partial charge in [-0.15, -0.1) is 0 Å². The molecule has 1 N–H and O–H groups in total. The molecule has 1 amide bonds. The number of aromatic nitrogens is 1. The van der Waals surface area contributed by atoms with Gasteiger partial charge in [-0.2, -0.15) is 0 Å². The van der Waals surface area contributed by atoms with Crippen LogP contribution in [0.5, 0.6) is 11.5 Å². The molecule has 0 saturated carbocycles. The Kier molecular flexibility index (Phi) is 7.34. The van der Waals surface area contributed by atoms with E-state index in [1.165, 1.54) is 4.90 Å². The Labute approximate surface area is 217 Å². The van der Waals surface area contributed by atoms with Crippen molar-refractivity contribution >= 4 is 17.4 Å². The maximum absolute atomic E-state index is 13.4. The molecule has 0 bridgehead atoms. The van der Waals surface area contributed by atoms with Crippen molar-refractivity contribution in [2.75, 3.05) is 13.7 Å². The minimum absolute atomic E-state index is 0.0323. The molecule has 4 rings (SSSR count). The molecule has 2 heterocycles. The van der Waals surface area contributed by atoms with Crippen LogP contribution in [0.25, 0.3) is 5.76 Å². The van der Waals surface area contributed by atoms with Crippen LogP contribution in [-0.4, -0.2) is 40.4 Å². The molecular formula is C30H32N2O5. The van der Waals surface area contributed by atoms with Crippen molar-refractivity contribution in [3.8, 4) is 11.5 Å². The molecular weight excluding hydrogens is 468 g/mol. The number of likely N-dealkylation sites (tertiary alicyclic amines) is 1. The van der Waals surface area contributed by atoms with Gasteiger partial charge in [0.15, 0.2) is 0 Å². The zero-order chi connectivity index (χ0) is 26.7. The third kappa shape index (κ3) is 5.21. The molecule has 1 fully saturated rings. The third-order valence-corrected chi connectivity index (χ3v) is 6.39. The van der Waals surface area contributed by atoms with Gasteiger partial charge in [0.25, 0.3) is 11.7 Å². The van der Waals surface area contributed by atoms with Crippen LogP contribution in [0, 0.1) is 0 Å². The van der Waals surface area contributed by atoms with Crippen LogP contribution in [0.2, 0.25) is 0 Å². The second-order valence-corrected chi connectivity index (χ2v) is 9.96. The van der Waals surface area contributed by atoms with Crippen LogP contribution in [0.1, 0.15) is 56.0 Å². The van der Waals surface area contributed by atoms with E-state index < -0.39 is 17.7 Å². The Morgan fingerprint density at radius 1 is 1.08 bits per heavy atom. The number of amides is 1. The third-order valence-electron chi connectivity index (χ3n) is 6.39. The predicted octanol–water partition coefficient (Wildman–Crippen LogP) is 5.41. The van der Waals surface area contributed by atoms with Crippen LogP contribution in [0.15, 0.2) is 72.6 Å². The summed E-state index contributed by atoms with van der Waals surface area (Å²) in [7, 11) is 1.57. The van der Waals surface area contributed by atoms with Crippen molar-refractivity contribution in [1.29, 1.82) is 0 Å². The number of carbonyl (C=O) groups is 2. The lowest BCUT2D eigenvalue weighted by atomic mass is 9.84. The molecule has 7 heteroatoms. The average Bonchev–Trinajstić information content (AvgIpc) is 3.13. The van der Waals surface area contributed by atoms with Crippen LogP contribution in [0.4, 0.5) is 0 Å². The highest BCUT2D eigenvalue weighted by Gasteiger charge is 2.46. The molecule has 1 unspecified atom stereocenters. The lowest BCUT2D eigenvalue weighted by molar-refractivity contribution is -0.140.